The van der Waals surface area contributed by atoms with Gasteiger partial charge in [0, 0.05) is 12.7 Å². The molecule has 2 rings (SSSR count). The van der Waals surface area contributed by atoms with Crippen molar-refractivity contribution in [2.75, 3.05) is 17.7 Å². The van der Waals surface area contributed by atoms with Crippen molar-refractivity contribution in [2.24, 2.45) is 0 Å². The van der Waals surface area contributed by atoms with E-state index < -0.39 is 0 Å². The molecular weight excluding hydrogens is 215 g/mol. The Morgan fingerprint density at radius 1 is 1.06 bits per heavy atom. The molecular formula is C14H15FN2. The molecule has 2 aromatic rings. The molecule has 0 saturated carbocycles. The van der Waals surface area contributed by atoms with E-state index in [-0.39, 0.29) is 5.82 Å². The molecule has 0 bridgehead atoms. The van der Waals surface area contributed by atoms with E-state index in [1.807, 2.05) is 37.1 Å². The Labute approximate surface area is 100 Å². The fourth-order valence-electron chi connectivity index (χ4n) is 1.93. The lowest BCUT2D eigenvalue weighted by atomic mass is 10.1. The van der Waals surface area contributed by atoms with Crippen LogP contribution in [0, 0.1) is 12.7 Å². The molecule has 3 heteroatoms. The van der Waals surface area contributed by atoms with E-state index in [2.05, 4.69) is 0 Å². The highest BCUT2D eigenvalue weighted by molar-refractivity contribution is 5.77. The summed E-state index contributed by atoms with van der Waals surface area (Å²) < 4.78 is 12.9. The van der Waals surface area contributed by atoms with Gasteiger partial charge in [-0.25, -0.2) is 4.39 Å². The lowest BCUT2D eigenvalue weighted by Gasteiger charge is -2.23. The minimum Gasteiger partial charge on any atom is -0.397 e. The number of hydrogen-bond donors (Lipinski definition) is 1. The number of aryl methyl sites for hydroxylation is 1. The van der Waals surface area contributed by atoms with Gasteiger partial charge < -0.3 is 10.6 Å². The van der Waals surface area contributed by atoms with Crippen LogP contribution in [0.3, 0.4) is 0 Å². The Balaban J connectivity index is 2.43. The summed E-state index contributed by atoms with van der Waals surface area (Å²) >= 11 is 0. The number of hydrogen-bond acceptors (Lipinski definition) is 2. The molecule has 0 radical (unpaired) electrons. The first-order valence-corrected chi connectivity index (χ1v) is 5.44. The summed E-state index contributed by atoms with van der Waals surface area (Å²) in [6, 6.07) is 12.2. The maximum atomic E-state index is 12.9. The molecule has 0 aliphatic heterocycles. The Morgan fingerprint density at radius 2 is 1.71 bits per heavy atom. The Bertz CT molecular complexity index is 500. The van der Waals surface area contributed by atoms with Gasteiger partial charge in [0.25, 0.3) is 0 Å². The second-order valence-electron chi connectivity index (χ2n) is 4.05. The van der Waals surface area contributed by atoms with Crippen molar-refractivity contribution < 1.29 is 4.39 Å². The Kier molecular flexibility index (Phi) is 3.00. The van der Waals surface area contributed by atoms with Crippen molar-refractivity contribution in [1.82, 2.24) is 0 Å². The summed E-state index contributed by atoms with van der Waals surface area (Å²) in [4.78, 5) is 1.96. The molecule has 2 aromatic carbocycles. The van der Waals surface area contributed by atoms with Crippen molar-refractivity contribution in [2.45, 2.75) is 6.92 Å². The van der Waals surface area contributed by atoms with Crippen LogP contribution in [0.15, 0.2) is 42.5 Å². The average molecular weight is 230 g/mol. The highest BCUT2D eigenvalue weighted by atomic mass is 19.1. The monoisotopic (exact) mass is 230 g/mol. The first-order chi connectivity index (χ1) is 8.09. The molecule has 2 nitrogen and oxygen atoms in total. The Hall–Kier alpha value is -2.03. The van der Waals surface area contributed by atoms with Gasteiger partial charge in [0.05, 0.1) is 11.4 Å². The van der Waals surface area contributed by atoms with Crippen molar-refractivity contribution in [3.8, 4) is 0 Å². The van der Waals surface area contributed by atoms with Crippen LogP contribution in [0.25, 0.3) is 0 Å². The van der Waals surface area contributed by atoms with E-state index in [4.69, 9.17) is 5.73 Å². The molecule has 0 aliphatic rings. The number of benzene rings is 2. The predicted octanol–water partition coefficient (Wildman–Crippen LogP) is 3.48. The van der Waals surface area contributed by atoms with Crippen molar-refractivity contribution in [3.05, 3.63) is 53.8 Å². The maximum absolute atomic E-state index is 12.9. The van der Waals surface area contributed by atoms with Gasteiger partial charge in [-0.2, -0.15) is 0 Å². The molecule has 0 heterocycles. The van der Waals surface area contributed by atoms with Crippen molar-refractivity contribution in [3.63, 3.8) is 0 Å². The second-order valence-corrected chi connectivity index (χ2v) is 4.05. The average Bonchev–Trinajstić information content (AvgIpc) is 2.29. The molecule has 88 valence electrons. The van der Waals surface area contributed by atoms with Gasteiger partial charge in [-0.15, -0.1) is 0 Å². The van der Waals surface area contributed by atoms with Gasteiger partial charge >= 0.3 is 0 Å². The fraction of sp³-hybridized carbons (Fsp3) is 0.143. The summed E-state index contributed by atoms with van der Waals surface area (Å²) in [5, 5.41) is 0. The zero-order valence-electron chi connectivity index (χ0n) is 9.94. The highest BCUT2D eigenvalue weighted by Gasteiger charge is 2.09. The normalized spacial score (nSPS) is 10.3. The summed E-state index contributed by atoms with van der Waals surface area (Å²) in [5.74, 6) is -0.236. The quantitative estimate of drug-likeness (QED) is 0.800. The van der Waals surface area contributed by atoms with Crippen LogP contribution >= 0.6 is 0 Å². The number of halogens is 1. The first kappa shape index (κ1) is 11.5. The molecule has 0 unspecified atom stereocenters. The molecule has 0 fully saturated rings. The number of nitrogens with zero attached hydrogens (tertiary/aromatic N) is 1. The lowest BCUT2D eigenvalue weighted by molar-refractivity contribution is 0.628. The van der Waals surface area contributed by atoms with Crippen LogP contribution < -0.4 is 10.6 Å². The van der Waals surface area contributed by atoms with E-state index >= 15 is 0 Å². The minimum absolute atomic E-state index is 0.236. The van der Waals surface area contributed by atoms with E-state index in [9.17, 15) is 4.39 Å². The number of nitrogen functional groups attached to an aromatic ring is 1. The second kappa shape index (κ2) is 4.45. The zero-order valence-corrected chi connectivity index (χ0v) is 9.94. The van der Waals surface area contributed by atoms with Gasteiger partial charge in [-0.05, 0) is 42.8 Å². The van der Waals surface area contributed by atoms with E-state index in [1.54, 1.807) is 12.1 Å². The van der Waals surface area contributed by atoms with Crippen LogP contribution in [0.2, 0.25) is 0 Å². The number of rotatable bonds is 2. The van der Waals surface area contributed by atoms with Gasteiger partial charge in [0.1, 0.15) is 5.82 Å². The molecule has 2 N–H and O–H groups in total. The molecule has 17 heavy (non-hydrogen) atoms. The van der Waals surface area contributed by atoms with Crippen LogP contribution in [-0.2, 0) is 0 Å². The van der Waals surface area contributed by atoms with Crippen LogP contribution in [0.1, 0.15) is 5.56 Å². The highest BCUT2D eigenvalue weighted by Crippen LogP contribution is 2.31. The fourth-order valence-corrected chi connectivity index (χ4v) is 1.93. The van der Waals surface area contributed by atoms with Gasteiger partial charge in [0.2, 0.25) is 0 Å². The molecule has 0 atom stereocenters. The van der Waals surface area contributed by atoms with Gasteiger partial charge in [-0.1, -0.05) is 12.1 Å². The predicted molar refractivity (Wildman–Crippen MR) is 70.1 cm³/mol. The molecule has 0 amide bonds. The van der Waals surface area contributed by atoms with Gasteiger partial charge in [0.15, 0.2) is 0 Å². The topological polar surface area (TPSA) is 29.3 Å². The number of anilines is 3. The largest absolute Gasteiger partial charge is 0.397 e. The number of nitrogens with two attached hydrogens (primary N) is 1. The summed E-state index contributed by atoms with van der Waals surface area (Å²) in [6.07, 6.45) is 0. The molecule has 0 aromatic heterocycles. The summed E-state index contributed by atoms with van der Waals surface area (Å²) in [7, 11) is 1.92. The van der Waals surface area contributed by atoms with Crippen LogP contribution in [0.5, 0.6) is 0 Å². The standard InChI is InChI=1S/C14H15FN2/c1-10-4-3-5-13(16)14(10)17(2)12-8-6-11(15)7-9-12/h3-9H,16H2,1-2H3. The smallest absolute Gasteiger partial charge is 0.123 e. The van der Waals surface area contributed by atoms with Gasteiger partial charge in [-0.3, -0.25) is 0 Å². The molecule has 0 saturated heterocycles. The van der Waals surface area contributed by atoms with Crippen molar-refractivity contribution >= 4 is 17.1 Å². The minimum atomic E-state index is -0.236. The zero-order chi connectivity index (χ0) is 12.4. The van der Waals surface area contributed by atoms with E-state index in [1.165, 1.54) is 12.1 Å². The third-order valence-corrected chi connectivity index (χ3v) is 2.82. The lowest BCUT2D eigenvalue weighted by Crippen LogP contribution is -2.13. The van der Waals surface area contributed by atoms with E-state index in [0.717, 1.165) is 22.6 Å². The molecule has 0 aliphatic carbocycles. The third kappa shape index (κ3) is 2.23. The third-order valence-electron chi connectivity index (χ3n) is 2.82. The van der Waals surface area contributed by atoms with Crippen LogP contribution in [0.4, 0.5) is 21.5 Å². The maximum Gasteiger partial charge on any atom is 0.123 e. The molecule has 0 spiro atoms. The number of para-hydroxylation sites is 1. The Morgan fingerprint density at radius 3 is 2.29 bits per heavy atom. The van der Waals surface area contributed by atoms with Crippen molar-refractivity contribution in [1.29, 1.82) is 0 Å². The first-order valence-electron chi connectivity index (χ1n) is 5.44. The van der Waals surface area contributed by atoms with E-state index in [0.29, 0.717) is 0 Å². The summed E-state index contributed by atoms with van der Waals surface area (Å²) in [6.45, 7) is 2.01. The SMILES string of the molecule is Cc1cccc(N)c1N(C)c1ccc(F)cc1. The van der Waals surface area contributed by atoms with Crippen LogP contribution in [-0.4, -0.2) is 7.05 Å². The summed E-state index contributed by atoms with van der Waals surface area (Å²) in [5.41, 5.74) is 9.65.